The number of hydrogen-bond donors (Lipinski definition) is 2. The third kappa shape index (κ3) is 10.7. The Hall–Kier alpha value is -5.94. The van der Waals surface area contributed by atoms with Crippen LogP contribution in [0.15, 0.2) is 60.8 Å². The molecular weight excluding hydrogens is 993 g/mol. The molecule has 17 nitrogen and oxygen atoms in total. The van der Waals surface area contributed by atoms with Gasteiger partial charge in [-0.2, -0.15) is 0 Å². The first-order valence-corrected chi connectivity index (χ1v) is 28.0. The summed E-state index contributed by atoms with van der Waals surface area (Å²) in [4.78, 5) is 83.1. The molecule has 6 aliphatic rings. The fourth-order valence-electron chi connectivity index (χ4n) is 12.5. The van der Waals surface area contributed by atoms with E-state index >= 15 is 4.79 Å². The number of nitrogens with one attached hydrogen (secondary N) is 2. The van der Waals surface area contributed by atoms with Gasteiger partial charge in [0.25, 0.3) is 11.8 Å². The molecule has 5 saturated heterocycles. The highest BCUT2D eigenvalue weighted by molar-refractivity contribution is 6.27. The molecule has 6 aliphatic heterocycles. The van der Waals surface area contributed by atoms with Crippen LogP contribution in [0.1, 0.15) is 90.2 Å². The number of likely N-dealkylation sites (tertiary alicyclic amines) is 2. The molecule has 6 bridgehead atoms. The Labute approximate surface area is 455 Å². The molecule has 1 unspecified atom stereocenters. The Bertz CT molecular complexity index is 3000. The molecule has 3 radical (unpaired) electrons. The summed E-state index contributed by atoms with van der Waals surface area (Å²) in [6.07, 6.45) is 3.97. The van der Waals surface area contributed by atoms with E-state index in [1.54, 1.807) is 23.1 Å². The molecule has 18 heteroatoms. The Morgan fingerprint density at radius 2 is 1.75 bits per heavy atom. The largest absolute Gasteiger partial charge is 0.464 e. The van der Waals surface area contributed by atoms with Crippen molar-refractivity contribution in [3.63, 3.8) is 0 Å². The molecule has 2 aromatic heterocycles. The van der Waals surface area contributed by atoms with E-state index in [9.17, 15) is 19.2 Å². The van der Waals surface area contributed by atoms with Crippen LogP contribution >= 0.6 is 0 Å². The molecule has 407 valence electrons. The van der Waals surface area contributed by atoms with Crippen molar-refractivity contribution < 1.29 is 42.9 Å². The number of hydrazine groups is 1. The van der Waals surface area contributed by atoms with E-state index in [-0.39, 0.29) is 62.0 Å². The summed E-state index contributed by atoms with van der Waals surface area (Å²) in [5.41, 5.74) is 9.50. The van der Waals surface area contributed by atoms with Crippen LogP contribution < -0.4 is 10.7 Å². The van der Waals surface area contributed by atoms with Gasteiger partial charge in [0.15, 0.2) is 0 Å². The zero-order valence-electron chi connectivity index (χ0n) is 45.6. The van der Waals surface area contributed by atoms with E-state index in [1.807, 2.05) is 39.0 Å². The lowest BCUT2D eigenvalue weighted by molar-refractivity contribution is -0.158. The van der Waals surface area contributed by atoms with Gasteiger partial charge >= 0.3 is 5.97 Å². The second kappa shape index (κ2) is 22.1. The van der Waals surface area contributed by atoms with Crippen molar-refractivity contribution in [2.24, 2.45) is 16.7 Å². The Kier molecular flexibility index (Phi) is 15.6. The van der Waals surface area contributed by atoms with Crippen molar-refractivity contribution in [3.05, 3.63) is 77.6 Å². The molecular formula is C59H73N8O9Si. The number of aryl methyl sites for hydroxylation is 1. The van der Waals surface area contributed by atoms with Gasteiger partial charge in [-0.05, 0) is 104 Å². The maximum Gasteiger partial charge on any atom is 0.323 e. The predicted molar refractivity (Wildman–Crippen MR) is 291 cm³/mol. The van der Waals surface area contributed by atoms with Crippen LogP contribution in [-0.2, 0) is 62.3 Å². The van der Waals surface area contributed by atoms with Crippen molar-refractivity contribution >= 4 is 50.7 Å². The van der Waals surface area contributed by atoms with Crippen LogP contribution in [0.25, 0.3) is 33.3 Å². The number of benzene rings is 2. The second-order valence-corrected chi connectivity index (χ2v) is 23.9. The minimum absolute atomic E-state index is 0.0855. The number of carbonyl (C=O) groups excluding carboxylic acids is 5. The van der Waals surface area contributed by atoms with Crippen LogP contribution in [0, 0.1) is 28.6 Å². The Balaban J connectivity index is 0.950. The topological polar surface area (TPSA) is 177 Å². The number of methoxy groups -OCH3 is 1. The lowest BCUT2D eigenvalue weighted by Crippen LogP contribution is -2.67. The summed E-state index contributed by atoms with van der Waals surface area (Å²) < 4.78 is 25.5. The monoisotopic (exact) mass is 1070 g/mol. The molecule has 1 spiro atoms. The summed E-state index contributed by atoms with van der Waals surface area (Å²) in [7, 11) is 5.45. The van der Waals surface area contributed by atoms with Gasteiger partial charge in [0.1, 0.15) is 17.2 Å². The molecule has 4 amide bonds. The smallest absolute Gasteiger partial charge is 0.323 e. The van der Waals surface area contributed by atoms with Gasteiger partial charge < -0.3 is 38.6 Å². The number of cyclic esters (lactones) is 1. The number of nitrogens with zero attached hydrogens (tertiary/aromatic N) is 6. The first-order valence-electron chi connectivity index (χ1n) is 27.5. The Morgan fingerprint density at radius 1 is 0.961 bits per heavy atom. The molecule has 8 heterocycles. The molecule has 4 aromatic rings. The lowest BCUT2D eigenvalue weighted by Gasteiger charge is -2.42. The van der Waals surface area contributed by atoms with Gasteiger partial charge in [-0.15, -0.1) is 0 Å². The number of pyridine rings is 1. The van der Waals surface area contributed by atoms with Gasteiger partial charge in [0, 0.05) is 80.9 Å². The minimum Gasteiger partial charge on any atom is -0.464 e. The average Bonchev–Trinajstić information content (AvgIpc) is 4.14. The average molecular weight is 1070 g/mol. The van der Waals surface area contributed by atoms with Crippen molar-refractivity contribution in [1.29, 1.82) is 0 Å². The molecule has 0 aliphatic carbocycles. The first-order chi connectivity index (χ1) is 36.9. The molecule has 6 atom stereocenters. The number of ether oxygens (including phenoxy) is 4. The standard InChI is InChI=1S/C59H73N8O9Si/c1-8-64-48-17-15-41-30-45(48)46(52(64)44-14-10-22-60-50(44)38(4)73-7)31-57(5,6)36-76-56(72)59(77)19-11-23-67(62-59)54(70)47(29-39-12-9-13-40(41)28-39)61-53(69)51(37(2)3)66-25-21-58(55(66)71)20-24-63(35-58)49(68)18-16-42-32-74-27-26-65(42)43-33-75-34-43/h9-10,12-15,17,22,28,30,37-38,42-43,47,51,62H,8,11,19-21,23-27,29,31-36H2,1-7H3,(H,61,69)/t38-,42+,47?,51-,58+,59-/m0/s1. The third-order valence-corrected chi connectivity index (χ3v) is 17.3. The molecule has 0 saturated carbocycles. The summed E-state index contributed by atoms with van der Waals surface area (Å²) >= 11 is 0. The molecule has 5 fully saturated rings. The quantitative estimate of drug-likeness (QED) is 0.133. The minimum atomic E-state index is -1.43. The van der Waals surface area contributed by atoms with E-state index in [0.29, 0.717) is 78.2 Å². The van der Waals surface area contributed by atoms with Crippen molar-refractivity contribution in [1.82, 2.24) is 40.0 Å². The number of amides is 4. The van der Waals surface area contributed by atoms with Gasteiger partial charge in [-0.1, -0.05) is 63.9 Å². The maximum atomic E-state index is 15.1. The molecule has 77 heavy (non-hydrogen) atoms. The normalized spacial score (nSPS) is 26.0. The number of morpholine rings is 1. The number of esters is 1. The predicted octanol–water partition coefficient (Wildman–Crippen LogP) is 4.82. The van der Waals surface area contributed by atoms with E-state index in [2.05, 4.69) is 99.5 Å². The molecule has 2 aromatic carbocycles. The van der Waals surface area contributed by atoms with Crippen molar-refractivity contribution in [3.8, 4) is 34.2 Å². The van der Waals surface area contributed by atoms with Gasteiger partial charge in [0.05, 0.1) is 78.3 Å². The highest BCUT2D eigenvalue weighted by Gasteiger charge is 2.54. The summed E-state index contributed by atoms with van der Waals surface area (Å²) in [5, 5.41) is 4.19. The molecule has 2 N–H and O–H groups in total. The van der Waals surface area contributed by atoms with Crippen molar-refractivity contribution in [2.75, 3.05) is 72.9 Å². The maximum absolute atomic E-state index is 15.1. The first kappa shape index (κ1) is 54.4. The van der Waals surface area contributed by atoms with Crippen LogP contribution in [0.2, 0.25) is 0 Å². The SMILES string of the molecule is CCn1c(-c2cccnc2[C@H](C)OC)c2c3cc(ccc31)-c1cccc(c1)CC(NC(=O)[C@H](C(C)C)N1CC[C@@]3(CCN(C(=O)C#C[C@@H]4COCCN4C4COC4)C3)C1=O)C(=O)N1CCC[C@@]([Si])(N1)C(=O)OCC(C)(C)C2. The third-order valence-electron chi connectivity index (χ3n) is 16.8. The Morgan fingerprint density at radius 3 is 2.51 bits per heavy atom. The lowest BCUT2D eigenvalue weighted by atomic mass is 9.84. The number of fused-ring (bicyclic) bond motifs is 6. The van der Waals surface area contributed by atoms with E-state index in [1.165, 1.54) is 5.01 Å². The van der Waals surface area contributed by atoms with Crippen LogP contribution in [0.4, 0.5) is 0 Å². The van der Waals surface area contributed by atoms with Gasteiger partial charge in [0.2, 0.25) is 11.8 Å². The zero-order chi connectivity index (χ0) is 54.4. The van der Waals surface area contributed by atoms with Gasteiger partial charge in [-0.3, -0.25) is 38.9 Å². The number of aromatic nitrogens is 2. The number of rotatable bonds is 9. The number of carbonyl (C=O) groups is 5. The highest BCUT2D eigenvalue weighted by atomic mass is 28.1. The second-order valence-electron chi connectivity index (χ2n) is 23.1. The van der Waals surface area contributed by atoms with E-state index < -0.39 is 45.9 Å². The van der Waals surface area contributed by atoms with E-state index in [0.717, 1.165) is 56.7 Å². The summed E-state index contributed by atoms with van der Waals surface area (Å²) in [6.45, 7) is 17.2. The molecule has 10 rings (SSSR count). The zero-order valence-corrected chi connectivity index (χ0v) is 46.6. The van der Waals surface area contributed by atoms with Crippen molar-refractivity contribution in [2.45, 2.75) is 122 Å². The van der Waals surface area contributed by atoms with Gasteiger partial charge in [-0.25, -0.2) is 5.43 Å². The fourth-order valence-corrected chi connectivity index (χ4v) is 12.8. The highest BCUT2D eigenvalue weighted by Crippen LogP contribution is 2.44. The fraction of sp³-hybridized carbons (Fsp3) is 0.559. The van der Waals surface area contributed by atoms with Crippen LogP contribution in [0.5, 0.6) is 0 Å². The van der Waals surface area contributed by atoms with Crippen LogP contribution in [-0.4, -0.2) is 171 Å². The summed E-state index contributed by atoms with van der Waals surface area (Å²) in [6, 6.07) is 16.7. The number of hydrogen-bond acceptors (Lipinski definition) is 12. The summed E-state index contributed by atoms with van der Waals surface area (Å²) in [5.74, 6) is 3.76. The van der Waals surface area contributed by atoms with E-state index in [4.69, 9.17) is 23.9 Å². The van der Waals surface area contributed by atoms with Crippen LogP contribution in [0.3, 0.4) is 0 Å².